The Bertz CT molecular complexity index is 1030. The molecule has 0 aromatic heterocycles. The van der Waals surface area contributed by atoms with Gasteiger partial charge in [0.15, 0.2) is 11.5 Å². The van der Waals surface area contributed by atoms with Crippen molar-refractivity contribution in [2.24, 2.45) is 0 Å². The zero-order valence-electron chi connectivity index (χ0n) is 16.1. The van der Waals surface area contributed by atoms with Crippen LogP contribution in [0.4, 0.5) is 11.4 Å². The van der Waals surface area contributed by atoms with Gasteiger partial charge in [0.2, 0.25) is 0 Å². The molecule has 3 aromatic rings. The Kier molecular flexibility index (Phi) is 4.65. The lowest BCUT2D eigenvalue weighted by Gasteiger charge is -2.38. The first-order chi connectivity index (χ1) is 13.6. The number of nitrogens with zero attached hydrogens (tertiary/aromatic N) is 1. The molecule has 5 nitrogen and oxygen atoms in total. The molecular formula is C23H22N2O3. The van der Waals surface area contributed by atoms with Crippen LogP contribution >= 0.6 is 0 Å². The molecule has 1 aliphatic heterocycles. The first-order valence-corrected chi connectivity index (χ1v) is 9.10. The number of anilines is 2. The number of methoxy groups -OCH3 is 2. The first kappa shape index (κ1) is 17.9. The molecule has 1 heterocycles. The van der Waals surface area contributed by atoms with Crippen molar-refractivity contribution < 1.29 is 14.3 Å². The summed E-state index contributed by atoms with van der Waals surface area (Å²) < 4.78 is 10.8. The summed E-state index contributed by atoms with van der Waals surface area (Å²) in [6.45, 7) is 2.02. The molecule has 1 amide bonds. The van der Waals surface area contributed by atoms with Gasteiger partial charge in [0, 0.05) is 11.4 Å². The topological polar surface area (TPSA) is 50.8 Å². The second-order valence-electron chi connectivity index (χ2n) is 6.72. The van der Waals surface area contributed by atoms with Gasteiger partial charge in [-0.05, 0) is 54.4 Å². The fraction of sp³-hybridized carbons (Fsp3) is 0.174. The number of ether oxygens (including phenoxy) is 2. The second kappa shape index (κ2) is 7.27. The predicted octanol–water partition coefficient (Wildman–Crippen LogP) is 4.78. The van der Waals surface area contributed by atoms with Gasteiger partial charge in [0.05, 0.1) is 19.8 Å². The Morgan fingerprint density at radius 2 is 1.68 bits per heavy atom. The van der Waals surface area contributed by atoms with E-state index in [1.165, 1.54) is 0 Å². The molecule has 0 spiro atoms. The molecule has 28 heavy (non-hydrogen) atoms. The van der Waals surface area contributed by atoms with Crippen molar-refractivity contribution in [3.8, 4) is 11.5 Å². The highest BCUT2D eigenvalue weighted by atomic mass is 16.5. The normalized spacial score (nSPS) is 15.6. The molecular weight excluding hydrogens is 352 g/mol. The summed E-state index contributed by atoms with van der Waals surface area (Å²) in [5, 5.41) is 3.51. The number of fused-ring (bicyclic) bond motifs is 1. The number of hydrogen-bond acceptors (Lipinski definition) is 4. The highest BCUT2D eigenvalue weighted by Gasteiger charge is 2.34. The molecule has 0 bridgehead atoms. The number of amides is 1. The van der Waals surface area contributed by atoms with E-state index in [0.717, 1.165) is 22.5 Å². The van der Waals surface area contributed by atoms with Crippen LogP contribution in [-0.4, -0.2) is 20.1 Å². The Morgan fingerprint density at radius 3 is 2.43 bits per heavy atom. The molecule has 1 atom stereocenters. The molecule has 0 fully saturated rings. The average molecular weight is 374 g/mol. The van der Waals surface area contributed by atoms with Crippen molar-refractivity contribution in [1.29, 1.82) is 0 Å². The van der Waals surface area contributed by atoms with Gasteiger partial charge in [-0.2, -0.15) is 0 Å². The van der Waals surface area contributed by atoms with E-state index in [-0.39, 0.29) is 12.1 Å². The van der Waals surface area contributed by atoms with Crippen LogP contribution < -0.4 is 19.7 Å². The molecule has 0 radical (unpaired) electrons. The molecule has 3 aromatic carbocycles. The van der Waals surface area contributed by atoms with Crippen molar-refractivity contribution in [2.45, 2.75) is 13.1 Å². The van der Waals surface area contributed by atoms with E-state index in [1.54, 1.807) is 19.1 Å². The lowest BCUT2D eigenvalue weighted by Crippen LogP contribution is -2.43. The number of hydrogen-bond donors (Lipinski definition) is 1. The van der Waals surface area contributed by atoms with E-state index in [2.05, 4.69) is 5.32 Å². The maximum atomic E-state index is 13.4. The van der Waals surface area contributed by atoms with E-state index in [0.29, 0.717) is 17.1 Å². The first-order valence-electron chi connectivity index (χ1n) is 9.10. The Balaban J connectivity index is 1.86. The smallest absolute Gasteiger partial charge is 0.262 e. The molecule has 1 aliphatic rings. The minimum atomic E-state index is -0.371. The summed E-state index contributed by atoms with van der Waals surface area (Å²) >= 11 is 0. The van der Waals surface area contributed by atoms with Crippen LogP contribution in [0, 0.1) is 6.92 Å². The summed E-state index contributed by atoms with van der Waals surface area (Å²) in [5.74, 6) is 1.23. The lowest BCUT2D eigenvalue weighted by atomic mass is 10.0. The molecule has 0 aliphatic carbocycles. The maximum absolute atomic E-state index is 13.4. The van der Waals surface area contributed by atoms with Crippen molar-refractivity contribution in [1.82, 2.24) is 0 Å². The van der Waals surface area contributed by atoms with Gasteiger partial charge in [-0.15, -0.1) is 0 Å². The summed E-state index contributed by atoms with van der Waals surface area (Å²) in [6.07, 6.45) is -0.371. The van der Waals surface area contributed by atoms with Gasteiger partial charge >= 0.3 is 0 Å². The molecule has 0 saturated heterocycles. The number of rotatable bonds is 4. The molecule has 142 valence electrons. The molecule has 0 saturated carbocycles. The van der Waals surface area contributed by atoms with Gasteiger partial charge in [-0.3, -0.25) is 9.69 Å². The minimum Gasteiger partial charge on any atom is -0.493 e. The largest absolute Gasteiger partial charge is 0.493 e. The van der Waals surface area contributed by atoms with Gasteiger partial charge in [0.25, 0.3) is 5.91 Å². The summed E-state index contributed by atoms with van der Waals surface area (Å²) in [5.41, 5.74) is 4.31. The van der Waals surface area contributed by atoms with E-state index in [4.69, 9.17) is 9.47 Å². The van der Waals surface area contributed by atoms with Crippen LogP contribution in [0.25, 0.3) is 0 Å². The Labute approximate surface area is 164 Å². The molecule has 1 N–H and O–H groups in total. The zero-order valence-corrected chi connectivity index (χ0v) is 16.1. The maximum Gasteiger partial charge on any atom is 0.262 e. The monoisotopic (exact) mass is 374 g/mol. The third-order valence-electron chi connectivity index (χ3n) is 4.93. The average Bonchev–Trinajstić information content (AvgIpc) is 2.73. The minimum absolute atomic E-state index is 0.0419. The number of benzene rings is 3. The summed E-state index contributed by atoms with van der Waals surface area (Å²) in [6, 6.07) is 21.2. The van der Waals surface area contributed by atoms with Crippen molar-refractivity contribution in [3.63, 3.8) is 0 Å². The fourth-order valence-electron chi connectivity index (χ4n) is 3.55. The van der Waals surface area contributed by atoms with Crippen LogP contribution in [0.3, 0.4) is 0 Å². The van der Waals surface area contributed by atoms with Crippen LogP contribution in [0.2, 0.25) is 0 Å². The molecule has 4 rings (SSSR count). The van der Waals surface area contributed by atoms with Crippen molar-refractivity contribution >= 4 is 17.3 Å². The quantitative estimate of drug-likeness (QED) is 0.714. The molecule has 5 heteroatoms. The van der Waals surface area contributed by atoms with E-state index in [9.17, 15) is 4.79 Å². The van der Waals surface area contributed by atoms with Crippen molar-refractivity contribution in [3.05, 3.63) is 83.4 Å². The van der Waals surface area contributed by atoms with Gasteiger partial charge in [-0.25, -0.2) is 0 Å². The van der Waals surface area contributed by atoms with Gasteiger partial charge < -0.3 is 14.8 Å². The van der Waals surface area contributed by atoms with Gasteiger partial charge in [-0.1, -0.05) is 30.3 Å². The number of aryl methyl sites for hydroxylation is 1. The summed E-state index contributed by atoms with van der Waals surface area (Å²) in [7, 11) is 3.21. The number of nitrogens with one attached hydrogen (secondary N) is 1. The highest BCUT2D eigenvalue weighted by Crippen LogP contribution is 2.39. The molecule has 0 unspecified atom stereocenters. The zero-order chi connectivity index (χ0) is 19.7. The summed E-state index contributed by atoms with van der Waals surface area (Å²) in [4.78, 5) is 15.2. The van der Waals surface area contributed by atoms with Crippen LogP contribution in [-0.2, 0) is 0 Å². The predicted molar refractivity (Wildman–Crippen MR) is 110 cm³/mol. The third-order valence-corrected chi connectivity index (χ3v) is 4.93. The van der Waals surface area contributed by atoms with Crippen LogP contribution in [0.5, 0.6) is 11.5 Å². The van der Waals surface area contributed by atoms with Crippen LogP contribution in [0.1, 0.15) is 27.7 Å². The highest BCUT2D eigenvalue weighted by molar-refractivity contribution is 6.12. The number of carbonyl (C=O) groups is 1. The number of carbonyl (C=O) groups excluding carboxylic acids is 1. The lowest BCUT2D eigenvalue weighted by molar-refractivity contribution is 0.0975. The van der Waals surface area contributed by atoms with Gasteiger partial charge in [0.1, 0.15) is 6.17 Å². The van der Waals surface area contributed by atoms with E-state index in [1.807, 2.05) is 73.7 Å². The van der Waals surface area contributed by atoms with Crippen molar-refractivity contribution in [2.75, 3.05) is 24.4 Å². The van der Waals surface area contributed by atoms with Crippen LogP contribution in [0.15, 0.2) is 66.7 Å². The van der Waals surface area contributed by atoms with E-state index < -0.39 is 0 Å². The SMILES string of the molecule is COc1ccc([C@@H]2Nc3ccccc3C(=O)N2c2cccc(C)c2)cc1OC. The third kappa shape index (κ3) is 3.05. The fourth-order valence-corrected chi connectivity index (χ4v) is 3.55. The van der Waals surface area contributed by atoms with E-state index >= 15 is 0 Å². The second-order valence-corrected chi connectivity index (χ2v) is 6.72. The number of para-hydroxylation sites is 1. The Hall–Kier alpha value is -3.47. The Morgan fingerprint density at radius 1 is 0.893 bits per heavy atom. The standard InChI is InChI=1S/C23H22N2O3/c1-15-7-6-8-17(13-15)25-22(16-11-12-20(27-2)21(14-16)28-3)24-19-10-5-4-9-18(19)23(25)26/h4-14,22,24H,1-3H3/t22-/m1/s1.